The summed E-state index contributed by atoms with van der Waals surface area (Å²) in [5.74, 6) is 0.442. The molecule has 2 heterocycles. The van der Waals surface area contributed by atoms with E-state index >= 15 is 0 Å². The van der Waals surface area contributed by atoms with Crippen molar-refractivity contribution < 1.29 is 14.5 Å². The summed E-state index contributed by atoms with van der Waals surface area (Å²) >= 11 is 0.940. The zero-order valence-corrected chi connectivity index (χ0v) is 17.1. The lowest BCUT2D eigenvalue weighted by molar-refractivity contribution is -0.388. The minimum absolute atomic E-state index is 0.0725. The third-order valence-electron chi connectivity index (χ3n) is 4.76. The van der Waals surface area contributed by atoms with Crippen LogP contribution >= 0.6 is 11.8 Å². The van der Waals surface area contributed by atoms with E-state index in [1.54, 1.807) is 0 Å². The van der Waals surface area contributed by atoms with Crippen molar-refractivity contribution in [3.05, 3.63) is 40.6 Å². The van der Waals surface area contributed by atoms with Gasteiger partial charge in [0.05, 0.1) is 17.8 Å². The van der Waals surface area contributed by atoms with Crippen molar-refractivity contribution in [2.45, 2.75) is 24.8 Å². The predicted octanol–water partition coefficient (Wildman–Crippen LogP) is 3.63. The number of benzene rings is 1. The van der Waals surface area contributed by atoms with E-state index in [4.69, 9.17) is 0 Å². The first-order chi connectivity index (χ1) is 14.0. The molecule has 1 N–H and O–H groups in total. The topological polar surface area (TPSA) is 110 Å². The Hall–Kier alpha value is -2.88. The highest BCUT2D eigenvalue weighted by Crippen LogP contribution is 2.29. The molecule has 29 heavy (non-hydrogen) atoms. The van der Waals surface area contributed by atoms with Crippen LogP contribution in [0.2, 0.25) is 0 Å². The first-order valence-corrected chi connectivity index (χ1v) is 10.3. The lowest BCUT2D eigenvalue weighted by Crippen LogP contribution is -2.32. The van der Waals surface area contributed by atoms with Gasteiger partial charge < -0.3 is 15.0 Å². The van der Waals surface area contributed by atoms with Gasteiger partial charge in [-0.3, -0.25) is 14.9 Å². The summed E-state index contributed by atoms with van der Waals surface area (Å²) in [5, 5.41) is 14.3. The van der Waals surface area contributed by atoms with Crippen molar-refractivity contribution in [1.29, 1.82) is 0 Å². The third-order valence-corrected chi connectivity index (χ3v) is 5.71. The van der Waals surface area contributed by atoms with Crippen LogP contribution in [0.1, 0.15) is 19.8 Å². The molecule has 1 aliphatic rings. The second-order valence-electron chi connectivity index (χ2n) is 6.85. The summed E-state index contributed by atoms with van der Waals surface area (Å²) in [6.45, 7) is 4.40. The van der Waals surface area contributed by atoms with Crippen LogP contribution in [0.25, 0.3) is 0 Å². The summed E-state index contributed by atoms with van der Waals surface area (Å²) in [6, 6.07) is 7.94. The number of carbonyl (C=O) groups is 1. The minimum atomic E-state index is -0.572. The number of nitrogens with one attached hydrogen (secondary N) is 1. The molecule has 3 rings (SSSR count). The van der Waals surface area contributed by atoms with Crippen LogP contribution in [-0.4, -0.2) is 46.8 Å². The van der Waals surface area contributed by atoms with Gasteiger partial charge in [-0.1, -0.05) is 18.7 Å². The van der Waals surface area contributed by atoms with E-state index in [1.165, 1.54) is 25.6 Å². The van der Waals surface area contributed by atoms with Crippen molar-refractivity contribution in [2.75, 3.05) is 36.2 Å². The summed E-state index contributed by atoms with van der Waals surface area (Å²) in [4.78, 5) is 32.5. The number of hydrogen-bond donors (Lipinski definition) is 1. The molecule has 0 bridgehead atoms. The molecule has 0 saturated carbocycles. The molecule has 0 radical (unpaired) electrons. The van der Waals surface area contributed by atoms with Crippen molar-refractivity contribution in [1.82, 2.24) is 9.97 Å². The molecule has 0 spiro atoms. The van der Waals surface area contributed by atoms with E-state index < -0.39 is 10.9 Å². The molecule has 2 aromatic rings. The minimum Gasteiger partial charge on any atom is -0.468 e. The van der Waals surface area contributed by atoms with Gasteiger partial charge in [-0.2, -0.15) is 4.98 Å². The molecule has 10 heteroatoms. The number of aromatic nitrogens is 2. The first-order valence-electron chi connectivity index (χ1n) is 9.29. The molecule has 9 nitrogen and oxygen atoms in total. The number of rotatable bonds is 7. The van der Waals surface area contributed by atoms with E-state index in [-0.39, 0.29) is 22.4 Å². The number of piperidine rings is 1. The van der Waals surface area contributed by atoms with E-state index in [0.717, 1.165) is 42.7 Å². The molecule has 154 valence electrons. The average molecular weight is 417 g/mol. The molecule has 0 aliphatic carbocycles. The van der Waals surface area contributed by atoms with Crippen LogP contribution in [0.15, 0.2) is 35.5 Å². The number of methoxy groups -OCH3 is 1. The molecule has 0 unspecified atom stereocenters. The molecule has 0 amide bonds. The number of nitrogens with zero attached hydrogens (tertiary/aromatic N) is 4. The fraction of sp³-hybridized carbons (Fsp3) is 0.421. The molecular formula is C19H23N5O4S. The standard InChI is InChI=1S/C19H23N5O4S/c1-13-7-9-23(10-8-13)15-5-3-14(4-6-15)21-19-20-11-16(24(26)27)18(22-19)29-12-17(25)28-2/h3-6,11,13H,7-10,12H2,1-2H3,(H,20,21,22). The van der Waals surface area contributed by atoms with Crippen molar-refractivity contribution >= 4 is 40.7 Å². The fourth-order valence-corrected chi connectivity index (χ4v) is 3.79. The maximum atomic E-state index is 11.3. The van der Waals surface area contributed by atoms with Gasteiger partial charge in [-0.15, -0.1) is 0 Å². The van der Waals surface area contributed by atoms with Crippen molar-refractivity contribution in [2.24, 2.45) is 5.92 Å². The smallest absolute Gasteiger partial charge is 0.319 e. The number of thioether (sulfide) groups is 1. The normalized spacial score (nSPS) is 14.5. The Morgan fingerprint density at radius 2 is 2.03 bits per heavy atom. The highest BCUT2D eigenvalue weighted by molar-refractivity contribution is 8.00. The van der Waals surface area contributed by atoms with E-state index in [0.29, 0.717) is 0 Å². The molecule has 1 aromatic heterocycles. The van der Waals surface area contributed by atoms with Gasteiger partial charge in [0.15, 0.2) is 5.03 Å². The molecule has 1 fully saturated rings. The highest BCUT2D eigenvalue weighted by atomic mass is 32.2. The number of anilines is 3. The molecule has 1 saturated heterocycles. The number of carbonyl (C=O) groups excluding carboxylic acids is 1. The quantitative estimate of drug-likeness (QED) is 0.237. The van der Waals surface area contributed by atoms with Gasteiger partial charge in [-0.05, 0) is 43.0 Å². The average Bonchev–Trinajstić information content (AvgIpc) is 2.73. The summed E-state index contributed by atoms with van der Waals surface area (Å²) < 4.78 is 4.57. The Kier molecular flexibility index (Phi) is 6.86. The van der Waals surface area contributed by atoms with Gasteiger partial charge in [0.25, 0.3) is 0 Å². The van der Waals surface area contributed by atoms with Crippen LogP contribution < -0.4 is 10.2 Å². The number of ether oxygens (including phenoxy) is 1. The maximum absolute atomic E-state index is 11.3. The van der Waals surface area contributed by atoms with Gasteiger partial charge in [0.2, 0.25) is 5.95 Å². The zero-order chi connectivity index (χ0) is 20.8. The second-order valence-corrected chi connectivity index (χ2v) is 7.81. The second kappa shape index (κ2) is 9.55. The maximum Gasteiger partial charge on any atom is 0.319 e. The third kappa shape index (κ3) is 5.57. The summed E-state index contributed by atoms with van der Waals surface area (Å²) in [5.41, 5.74) is 1.69. The fourth-order valence-electron chi connectivity index (χ4n) is 2.99. The number of nitro groups is 1. The highest BCUT2D eigenvalue weighted by Gasteiger charge is 2.20. The van der Waals surface area contributed by atoms with Crippen LogP contribution in [-0.2, 0) is 9.53 Å². The first kappa shape index (κ1) is 20.8. The van der Waals surface area contributed by atoms with Gasteiger partial charge >= 0.3 is 11.7 Å². The monoisotopic (exact) mass is 417 g/mol. The Morgan fingerprint density at radius 1 is 1.34 bits per heavy atom. The van der Waals surface area contributed by atoms with Crippen molar-refractivity contribution in [3.63, 3.8) is 0 Å². The van der Waals surface area contributed by atoms with E-state index in [9.17, 15) is 14.9 Å². The molecule has 1 aromatic carbocycles. The largest absolute Gasteiger partial charge is 0.468 e. The molecular weight excluding hydrogens is 394 g/mol. The van der Waals surface area contributed by atoms with Crippen LogP contribution in [0, 0.1) is 16.0 Å². The molecule has 1 aliphatic heterocycles. The number of hydrogen-bond acceptors (Lipinski definition) is 9. The Bertz CT molecular complexity index is 869. The molecule has 0 atom stereocenters. The predicted molar refractivity (Wildman–Crippen MR) is 112 cm³/mol. The van der Waals surface area contributed by atoms with Gasteiger partial charge in [-0.25, -0.2) is 4.98 Å². The summed E-state index contributed by atoms with van der Waals surface area (Å²) in [7, 11) is 1.26. The van der Waals surface area contributed by atoms with Crippen molar-refractivity contribution in [3.8, 4) is 0 Å². The van der Waals surface area contributed by atoms with Crippen LogP contribution in [0.3, 0.4) is 0 Å². The Morgan fingerprint density at radius 3 is 2.66 bits per heavy atom. The lowest BCUT2D eigenvalue weighted by atomic mass is 9.99. The zero-order valence-electron chi connectivity index (χ0n) is 16.3. The van der Waals surface area contributed by atoms with Crippen LogP contribution in [0.5, 0.6) is 0 Å². The SMILES string of the molecule is COC(=O)CSc1nc(Nc2ccc(N3CCC(C)CC3)cc2)ncc1[N+](=O)[O-]. The lowest BCUT2D eigenvalue weighted by Gasteiger charge is -2.32. The van der Waals surface area contributed by atoms with E-state index in [1.807, 2.05) is 24.3 Å². The van der Waals surface area contributed by atoms with Gasteiger partial charge in [0, 0.05) is 24.5 Å². The van der Waals surface area contributed by atoms with Crippen LogP contribution in [0.4, 0.5) is 23.0 Å². The Labute approximate surface area is 173 Å². The number of esters is 1. The van der Waals surface area contributed by atoms with Gasteiger partial charge in [0.1, 0.15) is 6.20 Å². The Balaban J connectivity index is 1.70. The van der Waals surface area contributed by atoms with E-state index in [2.05, 4.69) is 31.8 Å². The summed E-state index contributed by atoms with van der Waals surface area (Å²) in [6.07, 6.45) is 3.53.